The quantitative estimate of drug-likeness (QED) is 0.294. The Labute approximate surface area is 204 Å². The van der Waals surface area contributed by atoms with Crippen LogP contribution in [0.15, 0.2) is 78.9 Å². The van der Waals surface area contributed by atoms with E-state index in [4.69, 9.17) is 4.74 Å². The summed E-state index contributed by atoms with van der Waals surface area (Å²) in [7, 11) is 0. The molecule has 2 bridgehead atoms. The molecule has 176 valence electrons. The van der Waals surface area contributed by atoms with Crippen LogP contribution in [0.3, 0.4) is 0 Å². The van der Waals surface area contributed by atoms with Gasteiger partial charge in [0.1, 0.15) is 0 Å². The molecule has 0 N–H and O–H groups in total. The Balaban J connectivity index is 1.12. The normalized spacial score (nSPS) is 23.6. The molecule has 3 aromatic carbocycles. The Morgan fingerprint density at radius 1 is 0.686 bits per heavy atom. The van der Waals surface area contributed by atoms with E-state index in [1.165, 1.54) is 27.2 Å². The van der Waals surface area contributed by atoms with E-state index >= 15 is 0 Å². The second-order valence-corrected chi connectivity index (χ2v) is 9.68. The number of amides is 2. The Kier molecular flexibility index (Phi) is 5.48. The Morgan fingerprint density at radius 3 is 1.69 bits per heavy atom. The third kappa shape index (κ3) is 3.57. The summed E-state index contributed by atoms with van der Waals surface area (Å²) in [5, 5.41) is 0. The summed E-state index contributed by atoms with van der Waals surface area (Å²) in [4.78, 5) is 40.6. The number of imide groups is 1. The van der Waals surface area contributed by atoms with Crippen LogP contribution in [0.5, 0.6) is 0 Å². The van der Waals surface area contributed by atoms with Gasteiger partial charge in [0.15, 0.2) is 0 Å². The summed E-state index contributed by atoms with van der Waals surface area (Å²) >= 11 is 0. The van der Waals surface area contributed by atoms with Crippen molar-refractivity contribution < 1.29 is 19.1 Å². The van der Waals surface area contributed by atoms with Crippen molar-refractivity contribution in [2.75, 3.05) is 13.2 Å². The maximum absolute atomic E-state index is 13.6. The molecule has 1 saturated heterocycles. The van der Waals surface area contributed by atoms with Gasteiger partial charge < -0.3 is 4.74 Å². The van der Waals surface area contributed by atoms with Gasteiger partial charge in [-0.1, -0.05) is 78.9 Å². The molecule has 0 radical (unpaired) electrons. The number of carbonyl (C=O) groups is 3. The second-order valence-electron chi connectivity index (χ2n) is 9.68. The molecule has 35 heavy (non-hydrogen) atoms. The van der Waals surface area contributed by atoms with Crippen molar-refractivity contribution in [3.05, 3.63) is 107 Å². The van der Waals surface area contributed by atoms with Crippen molar-refractivity contribution in [2.24, 2.45) is 11.8 Å². The average Bonchev–Trinajstić information content (AvgIpc) is 3.14. The van der Waals surface area contributed by atoms with Crippen LogP contribution >= 0.6 is 0 Å². The fourth-order valence-electron chi connectivity index (χ4n) is 6.33. The zero-order valence-corrected chi connectivity index (χ0v) is 19.4. The standard InChI is InChI=1S/C30H27NO4/c32-24(18-19-10-2-1-3-11-19)35-17-9-8-16-31-29(33)27-25-20-12-4-5-13-21(20)26(28(27)30(31)34)23-15-7-6-14-22(23)25/h1-7,10-15,25-28H,8-9,16-18H2/t25?,26?,27-,28-/m0/s1. The molecule has 0 saturated carbocycles. The first-order valence-electron chi connectivity index (χ1n) is 12.4. The summed E-state index contributed by atoms with van der Waals surface area (Å²) in [6.45, 7) is 0.657. The molecule has 7 rings (SSSR count). The number of ether oxygens (including phenoxy) is 1. The number of esters is 1. The third-order valence-electron chi connectivity index (χ3n) is 7.77. The first-order chi connectivity index (χ1) is 17.1. The lowest BCUT2D eigenvalue weighted by molar-refractivity contribution is -0.144. The van der Waals surface area contributed by atoms with Crippen LogP contribution in [-0.4, -0.2) is 35.8 Å². The lowest BCUT2D eigenvalue weighted by Crippen LogP contribution is -2.41. The molecule has 4 aliphatic rings. The van der Waals surface area contributed by atoms with Crippen LogP contribution in [0.2, 0.25) is 0 Å². The van der Waals surface area contributed by atoms with Crippen LogP contribution in [0.25, 0.3) is 0 Å². The van der Waals surface area contributed by atoms with Crippen molar-refractivity contribution in [1.82, 2.24) is 4.90 Å². The molecular formula is C30H27NO4. The van der Waals surface area contributed by atoms with Crippen molar-refractivity contribution in [3.8, 4) is 0 Å². The SMILES string of the molecule is O=C(Cc1ccccc1)OCCCCN1C(=O)[C@H]2C3c4ccccc4C(c4ccccc43)[C@@H]2C1=O. The van der Waals surface area contributed by atoms with E-state index in [9.17, 15) is 14.4 Å². The smallest absolute Gasteiger partial charge is 0.310 e. The number of unbranched alkanes of at least 4 members (excludes halogenated alkanes) is 1. The highest BCUT2D eigenvalue weighted by Crippen LogP contribution is 2.60. The molecule has 5 nitrogen and oxygen atoms in total. The summed E-state index contributed by atoms with van der Waals surface area (Å²) in [6.07, 6.45) is 1.47. The Hall–Kier alpha value is -3.73. The van der Waals surface area contributed by atoms with E-state index in [1.54, 1.807) is 0 Å². The monoisotopic (exact) mass is 465 g/mol. The molecule has 0 aromatic heterocycles. The van der Waals surface area contributed by atoms with E-state index in [1.807, 2.05) is 54.6 Å². The number of carbonyl (C=O) groups excluding carboxylic acids is 3. The van der Waals surface area contributed by atoms with Crippen molar-refractivity contribution in [2.45, 2.75) is 31.1 Å². The molecular weight excluding hydrogens is 438 g/mol. The maximum atomic E-state index is 13.6. The maximum Gasteiger partial charge on any atom is 0.310 e. The Bertz CT molecular complexity index is 1180. The minimum Gasteiger partial charge on any atom is -0.465 e. The lowest BCUT2D eigenvalue weighted by atomic mass is 9.55. The highest BCUT2D eigenvalue weighted by atomic mass is 16.5. The molecule has 5 heteroatoms. The summed E-state index contributed by atoms with van der Waals surface area (Å²) in [5.74, 6) is -1.18. The molecule has 1 heterocycles. The predicted octanol–water partition coefficient (Wildman–Crippen LogP) is 4.44. The van der Waals surface area contributed by atoms with Gasteiger partial charge in [-0.15, -0.1) is 0 Å². The Morgan fingerprint density at radius 2 is 1.17 bits per heavy atom. The number of rotatable bonds is 7. The van der Waals surface area contributed by atoms with Gasteiger partial charge in [-0.05, 0) is 40.7 Å². The zero-order valence-electron chi connectivity index (χ0n) is 19.4. The van der Waals surface area contributed by atoms with Gasteiger partial charge in [-0.25, -0.2) is 0 Å². The number of nitrogens with zero attached hydrogens (tertiary/aromatic N) is 1. The average molecular weight is 466 g/mol. The molecule has 1 fully saturated rings. The minimum absolute atomic E-state index is 0.0555. The van der Waals surface area contributed by atoms with Gasteiger partial charge in [0.2, 0.25) is 11.8 Å². The zero-order chi connectivity index (χ0) is 23.9. The van der Waals surface area contributed by atoms with Gasteiger partial charge in [0.25, 0.3) is 0 Å². The molecule has 3 aromatic rings. The first-order valence-corrected chi connectivity index (χ1v) is 12.4. The van der Waals surface area contributed by atoms with Crippen LogP contribution in [-0.2, 0) is 25.5 Å². The van der Waals surface area contributed by atoms with Crippen molar-refractivity contribution in [1.29, 1.82) is 0 Å². The van der Waals surface area contributed by atoms with Crippen LogP contribution in [0.1, 0.15) is 52.5 Å². The highest BCUT2D eigenvalue weighted by Gasteiger charge is 2.61. The lowest BCUT2D eigenvalue weighted by Gasteiger charge is -2.45. The van der Waals surface area contributed by atoms with E-state index in [0.717, 1.165) is 5.56 Å². The van der Waals surface area contributed by atoms with Crippen molar-refractivity contribution >= 4 is 17.8 Å². The van der Waals surface area contributed by atoms with Crippen LogP contribution in [0.4, 0.5) is 0 Å². The fourth-order valence-corrected chi connectivity index (χ4v) is 6.33. The summed E-state index contributed by atoms with van der Waals surface area (Å²) < 4.78 is 5.36. The summed E-state index contributed by atoms with van der Waals surface area (Å²) in [6, 6.07) is 26.0. The van der Waals surface area contributed by atoms with E-state index in [-0.39, 0.29) is 54.5 Å². The molecule has 2 atom stereocenters. The molecule has 3 aliphatic carbocycles. The molecule has 0 unspecified atom stereocenters. The predicted molar refractivity (Wildman–Crippen MR) is 131 cm³/mol. The van der Waals surface area contributed by atoms with Gasteiger partial charge in [-0.3, -0.25) is 19.3 Å². The van der Waals surface area contributed by atoms with Gasteiger partial charge in [-0.2, -0.15) is 0 Å². The third-order valence-corrected chi connectivity index (χ3v) is 7.77. The van der Waals surface area contributed by atoms with Gasteiger partial charge in [0, 0.05) is 18.4 Å². The number of hydrogen-bond acceptors (Lipinski definition) is 4. The molecule has 0 spiro atoms. The number of benzene rings is 3. The van der Waals surface area contributed by atoms with Crippen LogP contribution < -0.4 is 0 Å². The summed E-state index contributed by atoms with van der Waals surface area (Å²) in [5.41, 5.74) is 5.66. The second kappa shape index (κ2) is 8.81. The largest absolute Gasteiger partial charge is 0.465 e. The van der Waals surface area contributed by atoms with E-state index in [2.05, 4.69) is 24.3 Å². The molecule has 1 aliphatic heterocycles. The van der Waals surface area contributed by atoms with Gasteiger partial charge in [0.05, 0.1) is 24.9 Å². The number of hydrogen-bond donors (Lipinski definition) is 0. The first kappa shape index (κ1) is 21.8. The van der Waals surface area contributed by atoms with Gasteiger partial charge >= 0.3 is 5.97 Å². The fraction of sp³-hybridized carbons (Fsp3) is 0.300. The minimum atomic E-state index is -0.332. The van der Waals surface area contributed by atoms with Crippen LogP contribution in [0, 0.1) is 11.8 Å². The molecule has 2 amide bonds. The topological polar surface area (TPSA) is 63.7 Å². The highest BCUT2D eigenvalue weighted by molar-refractivity contribution is 6.07. The van der Waals surface area contributed by atoms with E-state index in [0.29, 0.717) is 19.4 Å². The number of likely N-dealkylation sites (tertiary alicyclic amines) is 1. The van der Waals surface area contributed by atoms with E-state index < -0.39 is 0 Å². The van der Waals surface area contributed by atoms with Crippen molar-refractivity contribution in [3.63, 3.8) is 0 Å².